The van der Waals surface area contributed by atoms with E-state index in [2.05, 4.69) is 9.82 Å². The largest absolute Gasteiger partial charge is 0.331 e. The first-order valence-corrected chi connectivity index (χ1v) is 11.3. The molecule has 3 aromatic rings. The summed E-state index contributed by atoms with van der Waals surface area (Å²) in [6, 6.07) is 9.83. The number of sulfonamides is 1. The van der Waals surface area contributed by atoms with Crippen LogP contribution < -0.4 is 4.72 Å². The van der Waals surface area contributed by atoms with Gasteiger partial charge >= 0.3 is 0 Å². The zero-order chi connectivity index (χ0) is 19.7. The van der Waals surface area contributed by atoms with Crippen molar-refractivity contribution >= 4 is 33.0 Å². The lowest BCUT2D eigenvalue weighted by Crippen LogP contribution is -2.30. The quantitative estimate of drug-likeness (QED) is 0.692. The van der Waals surface area contributed by atoms with Crippen LogP contribution in [0.1, 0.15) is 34.8 Å². The molecular weight excluding hydrogens is 396 g/mol. The normalized spacial score (nSPS) is 17.0. The molecule has 1 aliphatic rings. The molecule has 0 saturated carbocycles. The van der Waals surface area contributed by atoms with Crippen LogP contribution in [0.4, 0.5) is 5.69 Å². The molecule has 146 valence electrons. The van der Waals surface area contributed by atoms with E-state index in [0.29, 0.717) is 17.8 Å². The van der Waals surface area contributed by atoms with E-state index in [-0.39, 0.29) is 16.2 Å². The Morgan fingerprint density at radius 1 is 1.25 bits per heavy atom. The summed E-state index contributed by atoms with van der Waals surface area (Å²) in [5, 5.41) is 5.92. The Hall–Kier alpha value is -2.65. The second-order valence-corrected chi connectivity index (χ2v) is 9.58. The number of likely N-dealkylation sites (tertiary alicyclic amines) is 1. The Bertz CT molecular complexity index is 1070. The summed E-state index contributed by atoms with van der Waals surface area (Å²) in [7, 11) is -1.74. The number of aryl methyl sites for hydroxylation is 1. The van der Waals surface area contributed by atoms with E-state index in [1.54, 1.807) is 52.7 Å². The predicted octanol–water partition coefficient (Wildman–Crippen LogP) is 3.26. The van der Waals surface area contributed by atoms with Crippen molar-refractivity contribution in [2.24, 2.45) is 7.05 Å². The van der Waals surface area contributed by atoms with Gasteiger partial charge in [-0.1, -0.05) is 6.07 Å². The van der Waals surface area contributed by atoms with Crippen LogP contribution in [-0.2, 0) is 17.1 Å². The van der Waals surface area contributed by atoms with Crippen molar-refractivity contribution in [2.75, 3.05) is 11.3 Å². The van der Waals surface area contributed by atoms with Crippen molar-refractivity contribution in [1.82, 2.24) is 14.7 Å². The average Bonchev–Trinajstić information content (AvgIpc) is 3.42. The first-order chi connectivity index (χ1) is 13.4. The molecule has 9 heteroatoms. The number of nitrogens with one attached hydrogen (secondary N) is 1. The van der Waals surface area contributed by atoms with E-state index in [1.165, 1.54) is 0 Å². The minimum atomic E-state index is -3.60. The maximum atomic E-state index is 13.0. The Morgan fingerprint density at radius 3 is 2.68 bits per heavy atom. The van der Waals surface area contributed by atoms with E-state index in [9.17, 15) is 13.2 Å². The van der Waals surface area contributed by atoms with Gasteiger partial charge in [0.2, 0.25) is 0 Å². The van der Waals surface area contributed by atoms with Crippen LogP contribution in [0.15, 0.2) is 58.4 Å². The van der Waals surface area contributed by atoms with Crippen molar-refractivity contribution in [2.45, 2.75) is 23.1 Å². The molecule has 4 rings (SSSR count). The number of amides is 1. The summed E-state index contributed by atoms with van der Waals surface area (Å²) in [4.78, 5) is 14.8. The van der Waals surface area contributed by atoms with Gasteiger partial charge in [-0.3, -0.25) is 14.2 Å². The van der Waals surface area contributed by atoms with Crippen LogP contribution in [-0.4, -0.2) is 35.6 Å². The maximum absolute atomic E-state index is 13.0. The van der Waals surface area contributed by atoms with Gasteiger partial charge in [-0.2, -0.15) is 5.10 Å². The smallest absolute Gasteiger partial charge is 0.271 e. The highest BCUT2D eigenvalue weighted by molar-refractivity contribution is 7.94. The minimum Gasteiger partial charge on any atom is -0.331 e. The van der Waals surface area contributed by atoms with Gasteiger partial charge in [-0.05, 0) is 48.6 Å². The second-order valence-electron chi connectivity index (χ2n) is 6.72. The molecule has 0 spiro atoms. The molecule has 3 heterocycles. The predicted molar refractivity (Wildman–Crippen MR) is 108 cm³/mol. The molecule has 1 aromatic carbocycles. The molecular formula is C19H20N4O3S2. The molecule has 7 nitrogen and oxygen atoms in total. The lowest BCUT2D eigenvalue weighted by Gasteiger charge is -2.24. The van der Waals surface area contributed by atoms with Crippen LogP contribution in [0.2, 0.25) is 0 Å². The molecule has 1 amide bonds. The van der Waals surface area contributed by atoms with Crippen LogP contribution in [0, 0.1) is 0 Å². The standard InChI is InChI=1S/C19H20N4O3S2/c1-22-13-15(12-20-22)17-4-2-10-23(17)19(24)14-6-8-16(9-7-14)21-28(25,26)18-5-3-11-27-18/h3,5-9,11-13,17,21H,2,4,10H2,1H3. The van der Waals surface area contributed by atoms with E-state index < -0.39 is 10.0 Å². The fourth-order valence-corrected chi connectivity index (χ4v) is 5.49. The second kappa shape index (κ2) is 7.40. The van der Waals surface area contributed by atoms with Crippen LogP contribution in [0.25, 0.3) is 0 Å². The molecule has 1 atom stereocenters. The van der Waals surface area contributed by atoms with E-state index in [0.717, 1.165) is 29.7 Å². The number of hydrogen-bond donors (Lipinski definition) is 1. The van der Waals surface area contributed by atoms with E-state index in [1.807, 2.05) is 18.1 Å². The monoisotopic (exact) mass is 416 g/mol. The third kappa shape index (κ3) is 3.67. The number of nitrogens with zero attached hydrogens (tertiary/aromatic N) is 3. The molecule has 0 radical (unpaired) electrons. The Balaban J connectivity index is 1.50. The summed E-state index contributed by atoms with van der Waals surface area (Å²) in [6.07, 6.45) is 5.61. The molecule has 28 heavy (non-hydrogen) atoms. The van der Waals surface area contributed by atoms with Gasteiger partial charge in [0, 0.05) is 36.6 Å². The van der Waals surface area contributed by atoms with Crippen molar-refractivity contribution in [3.05, 3.63) is 65.3 Å². The summed E-state index contributed by atoms with van der Waals surface area (Å²) in [6.45, 7) is 0.700. The van der Waals surface area contributed by atoms with E-state index >= 15 is 0 Å². The Labute approximate surface area is 167 Å². The maximum Gasteiger partial charge on any atom is 0.271 e. The first kappa shape index (κ1) is 18.7. The molecule has 0 aliphatic carbocycles. The highest BCUT2D eigenvalue weighted by Gasteiger charge is 2.31. The summed E-state index contributed by atoms with van der Waals surface area (Å²) < 4.78 is 29.2. The van der Waals surface area contributed by atoms with Crippen LogP contribution >= 0.6 is 11.3 Å². The van der Waals surface area contributed by atoms with Gasteiger partial charge in [0.1, 0.15) is 4.21 Å². The Morgan fingerprint density at radius 2 is 2.04 bits per heavy atom. The summed E-state index contributed by atoms with van der Waals surface area (Å²) in [5.74, 6) is -0.0565. The molecule has 1 fully saturated rings. The average molecular weight is 417 g/mol. The molecule has 1 N–H and O–H groups in total. The number of aromatic nitrogens is 2. The molecule has 1 unspecified atom stereocenters. The number of carbonyl (C=O) groups is 1. The van der Waals surface area contributed by atoms with Gasteiger partial charge in [0.05, 0.1) is 12.2 Å². The minimum absolute atomic E-state index is 0.0261. The van der Waals surface area contributed by atoms with Crippen molar-refractivity contribution in [1.29, 1.82) is 0 Å². The fraction of sp³-hybridized carbons (Fsp3) is 0.263. The third-order valence-electron chi connectivity index (χ3n) is 4.77. The number of hydrogen-bond acceptors (Lipinski definition) is 5. The van der Waals surface area contributed by atoms with Gasteiger partial charge < -0.3 is 4.90 Å². The van der Waals surface area contributed by atoms with Crippen molar-refractivity contribution < 1.29 is 13.2 Å². The molecule has 1 aliphatic heterocycles. The zero-order valence-corrected chi connectivity index (χ0v) is 16.9. The number of thiophene rings is 1. The Kier molecular flexibility index (Phi) is 4.94. The number of rotatable bonds is 5. The van der Waals surface area contributed by atoms with Gasteiger partial charge in [0.15, 0.2) is 0 Å². The van der Waals surface area contributed by atoms with Gasteiger partial charge in [-0.15, -0.1) is 11.3 Å². The number of benzene rings is 1. The highest BCUT2D eigenvalue weighted by Crippen LogP contribution is 2.33. The fourth-order valence-electron chi connectivity index (χ4n) is 3.44. The zero-order valence-electron chi connectivity index (χ0n) is 15.3. The lowest BCUT2D eigenvalue weighted by atomic mass is 10.1. The third-order valence-corrected chi connectivity index (χ3v) is 7.55. The number of carbonyl (C=O) groups excluding carboxylic acids is 1. The van der Waals surface area contributed by atoms with Gasteiger partial charge in [0.25, 0.3) is 15.9 Å². The molecule has 1 saturated heterocycles. The molecule has 0 bridgehead atoms. The first-order valence-electron chi connectivity index (χ1n) is 8.90. The summed E-state index contributed by atoms with van der Waals surface area (Å²) >= 11 is 1.16. The van der Waals surface area contributed by atoms with E-state index in [4.69, 9.17) is 0 Å². The van der Waals surface area contributed by atoms with Crippen molar-refractivity contribution in [3.63, 3.8) is 0 Å². The topological polar surface area (TPSA) is 84.3 Å². The molecule has 2 aromatic heterocycles. The lowest BCUT2D eigenvalue weighted by molar-refractivity contribution is 0.0735. The highest BCUT2D eigenvalue weighted by atomic mass is 32.2. The van der Waals surface area contributed by atoms with Crippen LogP contribution in [0.3, 0.4) is 0 Å². The van der Waals surface area contributed by atoms with Gasteiger partial charge in [-0.25, -0.2) is 8.42 Å². The number of anilines is 1. The van der Waals surface area contributed by atoms with Crippen LogP contribution in [0.5, 0.6) is 0 Å². The summed E-state index contributed by atoms with van der Waals surface area (Å²) in [5.41, 5.74) is 2.00. The SMILES string of the molecule is Cn1cc(C2CCCN2C(=O)c2ccc(NS(=O)(=O)c3cccs3)cc2)cn1. The van der Waals surface area contributed by atoms with Crippen molar-refractivity contribution in [3.8, 4) is 0 Å².